The number of anilines is 6. The van der Waals surface area contributed by atoms with Crippen LogP contribution in [0.25, 0.3) is 90.8 Å². The molecule has 1 aliphatic heterocycles. The molecule has 4 heterocycles. The molecule has 0 unspecified atom stereocenters. The van der Waals surface area contributed by atoms with Crippen LogP contribution in [-0.2, 0) is 0 Å². The van der Waals surface area contributed by atoms with Crippen molar-refractivity contribution in [2.45, 2.75) is 0 Å². The van der Waals surface area contributed by atoms with Gasteiger partial charge in [0.1, 0.15) is 0 Å². The highest BCUT2D eigenvalue weighted by Crippen LogP contribution is 2.55. The predicted octanol–water partition coefficient (Wildman–Crippen LogP) is 15.4. The lowest BCUT2D eigenvalue weighted by Crippen LogP contribution is -2.26. The molecule has 0 saturated carbocycles. The molecule has 12 aromatic rings. The van der Waals surface area contributed by atoms with Crippen molar-refractivity contribution in [3.05, 3.63) is 255 Å². The average Bonchev–Trinajstić information content (AvgIpc) is 3.50. The lowest BCUT2D eigenvalue weighted by atomic mass is 10.0. The van der Waals surface area contributed by atoms with E-state index in [9.17, 15) is 0 Å². The zero-order valence-corrected chi connectivity index (χ0v) is 39.7. The van der Waals surface area contributed by atoms with Gasteiger partial charge in [0, 0.05) is 44.5 Å². The summed E-state index contributed by atoms with van der Waals surface area (Å²) in [5.41, 5.74) is 12.9. The molecule has 3 aromatic heterocycles. The van der Waals surface area contributed by atoms with E-state index in [0.717, 1.165) is 84.3 Å². The van der Waals surface area contributed by atoms with Gasteiger partial charge in [-0.15, -0.1) is 0 Å². The van der Waals surface area contributed by atoms with Crippen molar-refractivity contribution in [3.8, 4) is 90.8 Å². The van der Waals surface area contributed by atoms with Crippen molar-refractivity contribution in [2.75, 3.05) is 9.80 Å². The largest absolute Gasteiger partial charge is 0.306 e. The van der Waals surface area contributed by atoms with Gasteiger partial charge in [0.05, 0.1) is 39.8 Å². The van der Waals surface area contributed by atoms with E-state index in [2.05, 4.69) is 94.7 Å². The molecule has 1 aliphatic rings. The van der Waals surface area contributed by atoms with Gasteiger partial charge in [-0.25, -0.2) is 29.9 Å². The first-order chi connectivity index (χ1) is 36.7. The summed E-state index contributed by atoms with van der Waals surface area (Å²) in [6, 6.07) is 85.8. The summed E-state index contributed by atoms with van der Waals surface area (Å²) in [6.45, 7) is 0. The van der Waals surface area contributed by atoms with Gasteiger partial charge in [0.2, 0.25) is 5.95 Å². The maximum Gasteiger partial charge on any atom is 0.238 e. The molecule has 0 bridgehead atoms. The molecule has 9 aromatic carbocycles. The molecule has 0 amide bonds. The van der Waals surface area contributed by atoms with Gasteiger partial charge in [0.15, 0.2) is 34.9 Å². The number of para-hydroxylation sites is 4. The number of fused-ring (bicyclic) bond motifs is 2. The van der Waals surface area contributed by atoms with E-state index in [1.807, 2.05) is 170 Å². The van der Waals surface area contributed by atoms with E-state index in [1.54, 1.807) is 0 Å². The Morgan fingerprint density at radius 1 is 0.203 bits per heavy atom. The second-order valence-corrected chi connectivity index (χ2v) is 17.6. The van der Waals surface area contributed by atoms with E-state index in [0.29, 0.717) is 40.9 Å². The number of benzene rings is 9. The molecule has 0 fully saturated rings. The Labute approximate surface area is 427 Å². The molecule has 0 aliphatic carbocycles. The van der Waals surface area contributed by atoms with Crippen LogP contribution in [0.2, 0.25) is 0 Å². The first-order valence-electron chi connectivity index (χ1n) is 24.4. The number of aromatic nitrogens is 8. The van der Waals surface area contributed by atoms with Gasteiger partial charge in [-0.3, -0.25) is 4.90 Å². The summed E-state index contributed by atoms with van der Waals surface area (Å²) in [5, 5.41) is 0. The topological polar surface area (TPSA) is 110 Å². The van der Waals surface area contributed by atoms with E-state index in [1.165, 1.54) is 0 Å². The Balaban J connectivity index is 1.05. The van der Waals surface area contributed by atoms with Crippen molar-refractivity contribution < 1.29 is 0 Å². The fraction of sp³-hybridized carbons (Fsp3) is 0. The fourth-order valence-electron chi connectivity index (χ4n) is 9.38. The predicted molar refractivity (Wildman–Crippen MR) is 295 cm³/mol. The highest BCUT2D eigenvalue weighted by Gasteiger charge is 2.34. The standard InChI is InChI=1S/C64H42N10/c1-7-23-43(24-8-1)51-42-52(44-25-9-2-10-26-44)66-63(65-51)50-41-49(62-68-58(45-27-11-3-12-28-45)67-59(69-62)46-29-13-4-14-30-46)39-40-53(50)73-54-35-19-21-37-56(54)74(57-38-22-20-36-55(57)73)64-71-60(47-31-15-5-16-32-47)70-61(72-64)48-33-17-6-18-34-48/h1-42H. The van der Waals surface area contributed by atoms with Gasteiger partial charge in [-0.05, 0) is 48.5 Å². The molecule has 10 heteroatoms. The van der Waals surface area contributed by atoms with Crippen molar-refractivity contribution in [1.29, 1.82) is 0 Å². The highest BCUT2D eigenvalue weighted by atomic mass is 15.3. The van der Waals surface area contributed by atoms with Crippen molar-refractivity contribution in [3.63, 3.8) is 0 Å². The second-order valence-electron chi connectivity index (χ2n) is 17.6. The van der Waals surface area contributed by atoms with E-state index in [-0.39, 0.29) is 0 Å². The summed E-state index contributed by atoms with van der Waals surface area (Å²) in [4.78, 5) is 46.2. The number of nitrogens with zero attached hydrogens (tertiary/aromatic N) is 10. The van der Waals surface area contributed by atoms with Crippen LogP contribution in [0, 0.1) is 0 Å². The summed E-state index contributed by atoms with van der Waals surface area (Å²) >= 11 is 0. The highest BCUT2D eigenvalue weighted by molar-refractivity contribution is 6.03. The number of hydrogen-bond acceptors (Lipinski definition) is 10. The Morgan fingerprint density at radius 3 is 0.892 bits per heavy atom. The second kappa shape index (κ2) is 19.1. The third-order valence-electron chi connectivity index (χ3n) is 12.9. The molecular weight excluding hydrogens is 909 g/mol. The summed E-state index contributed by atoms with van der Waals surface area (Å²) < 4.78 is 0. The van der Waals surface area contributed by atoms with Crippen LogP contribution in [0.3, 0.4) is 0 Å². The summed E-state index contributed by atoms with van der Waals surface area (Å²) in [5.74, 6) is 3.79. The molecule has 0 spiro atoms. The molecule has 0 saturated heterocycles. The Bertz CT molecular complexity index is 3740. The molecule has 10 nitrogen and oxygen atoms in total. The normalized spacial score (nSPS) is 11.7. The number of rotatable bonds is 10. The fourth-order valence-corrected chi connectivity index (χ4v) is 9.38. The molecule has 348 valence electrons. The van der Waals surface area contributed by atoms with Crippen molar-refractivity contribution in [1.82, 2.24) is 39.9 Å². The summed E-state index contributed by atoms with van der Waals surface area (Å²) in [6.07, 6.45) is 0. The lowest BCUT2D eigenvalue weighted by Gasteiger charge is -2.39. The van der Waals surface area contributed by atoms with Crippen LogP contribution in [-0.4, -0.2) is 39.9 Å². The van der Waals surface area contributed by atoms with Crippen LogP contribution in [0.5, 0.6) is 0 Å². The third kappa shape index (κ3) is 8.37. The van der Waals surface area contributed by atoms with Gasteiger partial charge >= 0.3 is 0 Å². The first kappa shape index (κ1) is 43.7. The van der Waals surface area contributed by atoms with Crippen LogP contribution >= 0.6 is 0 Å². The van der Waals surface area contributed by atoms with E-state index >= 15 is 0 Å². The minimum Gasteiger partial charge on any atom is -0.306 e. The third-order valence-corrected chi connectivity index (χ3v) is 12.9. The van der Waals surface area contributed by atoms with Crippen molar-refractivity contribution in [2.24, 2.45) is 0 Å². The smallest absolute Gasteiger partial charge is 0.238 e. The molecule has 74 heavy (non-hydrogen) atoms. The quantitative estimate of drug-likeness (QED) is 0.131. The molecule has 0 radical (unpaired) electrons. The van der Waals surface area contributed by atoms with Gasteiger partial charge < -0.3 is 4.90 Å². The van der Waals surface area contributed by atoms with Crippen LogP contribution in [0.1, 0.15) is 0 Å². The first-order valence-corrected chi connectivity index (χ1v) is 24.4. The van der Waals surface area contributed by atoms with Crippen LogP contribution < -0.4 is 9.80 Å². The van der Waals surface area contributed by atoms with Crippen LogP contribution in [0.15, 0.2) is 255 Å². The van der Waals surface area contributed by atoms with Gasteiger partial charge in [0.25, 0.3) is 0 Å². The van der Waals surface area contributed by atoms with Crippen LogP contribution in [0.4, 0.5) is 34.4 Å². The van der Waals surface area contributed by atoms with Gasteiger partial charge in [-0.1, -0.05) is 206 Å². The van der Waals surface area contributed by atoms with Gasteiger partial charge in [-0.2, -0.15) is 9.97 Å². The summed E-state index contributed by atoms with van der Waals surface area (Å²) in [7, 11) is 0. The molecule has 0 atom stereocenters. The Hall–Kier alpha value is -10.3. The zero-order valence-electron chi connectivity index (χ0n) is 39.7. The Morgan fingerprint density at radius 2 is 0.514 bits per heavy atom. The Kier molecular flexibility index (Phi) is 11.3. The number of hydrogen-bond donors (Lipinski definition) is 0. The van der Waals surface area contributed by atoms with Crippen molar-refractivity contribution >= 4 is 34.4 Å². The lowest BCUT2D eigenvalue weighted by molar-refractivity contribution is 1.01. The van der Waals surface area contributed by atoms with E-state index in [4.69, 9.17) is 39.9 Å². The zero-order chi connectivity index (χ0) is 49.2. The molecule has 0 N–H and O–H groups in total. The molecule has 13 rings (SSSR count). The SMILES string of the molecule is c1ccc(-c2cc(-c3ccccc3)nc(-c3cc(-c4nc(-c5ccccc5)nc(-c5ccccc5)n4)ccc3N3c4ccccc4N(c4nc(-c5ccccc5)nc(-c5ccccc5)n4)c4ccccc43)n2)cc1. The minimum absolute atomic E-state index is 0.484. The minimum atomic E-state index is 0.484. The maximum atomic E-state index is 5.44. The monoisotopic (exact) mass is 950 g/mol. The molecular formula is C64H42N10. The van der Waals surface area contributed by atoms with E-state index < -0.39 is 0 Å². The average molecular weight is 951 g/mol. The maximum absolute atomic E-state index is 5.44.